The number of hydrogen-bond acceptors (Lipinski definition) is 2. The van der Waals surface area contributed by atoms with Gasteiger partial charge in [-0.25, -0.2) is 0 Å². The smallest absolute Gasteiger partial charge is 0.236 e. The summed E-state index contributed by atoms with van der Waals surface area (Å²) in [5, 5.41) is 0.0138. The number of hydrogen-bond donors (Lipinski definition) is 0. The van der Waals surface area contributed by atoms with Crippen LogP contribution in [0.25, 0.3) is 0 Å². The molecule has 3 aromatic carbocycles. The average molecular weight is 483 g/mol. The summed E-state index contributed by atoms with van der Waals surface area (Å²) in [6.07, 6.45) is 10.8. The molecule has 35 heavy (non-hydrogen) atoms. The lowest BCUT2D eigenvalue weighted by molar-refractivity contribution is -0.104. The standard InChI is InChI=1S/C32H38O2Si/c1-32(2,31(29-21-7-3-8-22-29)30-23-9-4-10-24-30)35-34-26-16-6-12-18-28-20-14-13-19-27(28)17-11-5-15-25-33/h3-5,7-10,13-15,19-25,31H,6,11-12,16-18,26H2,1-2H3/b15-5+. The third-order valence-electron chi connectivity index (χ3n) is 6.43. The Morgan fingerprint density at radius 1 is 0.771 bits per heavy atom. The maximum Gasteiger partial charge on any atom is 0.236 e. The monoisotopic (exact) mass is 482 g/mol. The van der Waals surface area contributed by atoms with E-state index in [1.165, 1.54) is 35.1 Å². The second-order valence-electron chi connectivity index (χ2n) is 9.61. The first-order valence-corrected chi connectivity index (χ1v) is 13.7. The molecule has 0 heterocycles. The topological polar surface area (TPSA) is 26.3 Å². The molecule has 0 saturated carbocycles. The molecule has 0 unspecified atom stereocenters. The van der Waals surface area contributed by atoms with Crippen LogP contribution in [0, 0.1) is 0 Å². The fourth-order valence-electron chi connectivity index (χ4n) is 4.72. The molecule has 0 spiro atoms. The van der Waals surface area contributed by atoms with Gasteiger partial charge >= 0.3 is 0 Å². The Kier molecular flexibility index (Phi) is 11.2. The molecule has 2 nitrogen and oxygen atoms in total. The van der Waals surface area contributed by atoms with E-state index in [1.807, 2.05) is 6.08 Å². The molecule has 0 atom stereocenters. The molecule has 0 bridgehead atoms. The maximum absolute atomic E-state index is 10.5. The number of allylic oxidation sites excluding steroid dienone is 2. The van der Waals surface area contributed by atoms with Gasteiger partial charge in [0.1, 0.15) is 6.29 Å². The van der Waals surface area contributed by atoms with E-state index in [1.54, 1.807) is 6.08 Å². The van der Waals surface area contributed by atoms with Crippen LogP contribution in [0.1, 0.15) is 67.7 Å². The van der Waals surface area contributed by atoms with Gasteiger partial charge in [-0.2, -0.15) is 0 Å². The Morgan fingerprint density at radius 3 is 1.94 bits per heavy atom. The first kappa shape index (κ1) is 26.8. The molecule has 0 amide bonds. The minimum Gasteiger partial charge on any atom is -0.417 e. The number of carbonyl (C=O) groups is 1. The van der Waals surface area contributed by atoms with Gasteiger partial charge in [0, 0.05) is 12.5 Å². The normalized spacial score (nSPS) is 11.9. The summed E-state index contributed by atoms with van der Waals surface area (Å²) in [5.41, 5.74) is 5.53. The molecule has 0 aromatic heterocycles. The van der Waals surface area contributed by atoms with Crippen molar-refractivity contribution in [3.63, 3.8) is 0 Å². The van der Waals surface area contributed by atoms with Crippen LogP contribution < -0.4 is 0 Å². The predicted molar refractivity (Wildman–Crippen MR) is 148 cm³/mol. The zero-order valence-corrected chi connectivity index (χ0v) is 22.2. The van der Waals surface area contributed by atoms with Gasteiger partial charge in [-0.05, 0) is 65.5 Å². The van der Waals surface area contributed by atoms with E-state index in [9.17, 15) is 4.79 Å². The van der Waals surface area contributed by atoms with E-state index >= 15 is 0 Å². The van der Waals surface area contributed by atoms with Crippen LogP contribution in [0.15, 0.2) is 97.1 Å². The number of benzene rings is 3. The highest BCUT2D eigenvalue weighted by Crippen LogP contribution is 2.45. The highest BCUT2D eigenvalue weighted by Gasteiger charge is 2.33. The second kappa shape index (κ2) is 14.6. The van der Waals surface area contributed by atoms with Crippen molar-refractivity contribution in [2.24, 2.45) is 0 Å². The maximum atomic E-state index is 10.5. The molecule has 0 fully saturated rings. The van der Waals surface area contributed by atoms with Crippen molar-refractivity contribution >= 4 is 16.0 Å². The summed E-state index contributed by atoms with van der Waals surface area (Å²) >= 11 is 0. The van der Waals surface area contributed by atoms with Crippen LogP contribution in [0.3, 0.4) is 0 Å². The van der Waals surface area contributed by atoms with Gasteiger partial charge in [-0.3, -0.25) is 4.79 Å². The summed E-state index contributed by atoms with van der Waals surface area (Å²) in [7, 11) is 0.441. The van der Waals surface area contributed by atoms with Gasteiger partial charge in [0.05, 0.1) is 0 Å². The Labute approximate surface area is 214 Å². The fourth-order valence-corrected chi connectivity index (χ4v) is 5.78. The van der Waals surface area contributed by atoms with Crippen molar-refractivity contribution < 1.29 is 9.22 Å². The molecule has 3 heteroatoms. The largest absolute Gasteiger partial charge is 0.417 e. The summed E-state index contributed by atoms with van der Waals surface area (Å²) in [4.78, 5) is 10.5. The van der Waals surface area contributed by atoms with E-state index < -0.39 is 0 Å². The van der Waals surface area contributed by atoms with Crippen molar-refractivity contribution in [1.82, 2.24) is 0 Å². The van der Waals surface area contributed by atoms with Gasteiger partial charge in [0.15, 0.2) is 0 Å². The van der Waals surface area contributed by atoms with Gasteiger partial charge in [-0.1, -0.05) is 111 Å². The summed E-state index contributed by atoms with van der Waals surface area (Å²) in [6, 6.07) is 30.3. The van der Waals surface area contributed by atoms with E-state index in [0.717, 1.165) is 38.6 Å². The molecule has 3 rings (SSSR count). The van der Waals surface area contributed by atoms with Crippen LogP contribution in [-0.4, -0.2) is 22.7 Å². The molecule has 0 aliphatic rings. The summed E-state index contributed by atoms with van der Waals surface area (Å²) in [6.45, 7) is 5.48. The van der Waals surface area contributed by atoms with Crippen LogP contribution in [-0.2, 0) is 22.1 Å². The third kappa shape index (κ3) is 8.76. The molecule has 0 aliphatic carbocycles. The van der Waals surface area contributed by atoms with E-state index in [-0.39, 0.29) is 5.04 Å². The molecule has 182 valence electrons. The number of aryl methyl sites for hydroxylation is 2. The van der Waals surface area contributed by atoms with E-state index in [0.29, 0.717) is 15.7 Å². The fraction of sp³-hybridized carbons (Fsp3) is 0.344. The number of unbranched alkanes of at least 4 members (excludes halogenated alkanes) is 2. The first-order valence-electron chi connectivity index (χ1n) is 12.8. The number of aldehydes is 1. The second-order valence-corrected chi connectivity index (χ2v) is 11.4. The predicted octanol–water partition coefficient (Wildman–Crippen LogP) is 7.75. The molecule has 2 radical (unpaired) electrons. The zero-order valence-electron chi connectivity index (χ0n) is 21.2. The average Bonchev–Trinajstić information content (AvgIpc) is 2.88. The lowest BCUT2D eigenvalue weighted by atomic mass is 9.82. The Bertz CT molecular complexity index is 988. The van der Waals surface area contributed by atoms with Crippen LogP contribution in [0.5, 0.6) is 0 Å². The molecule has 0 N–H and O–H groups in total. The van der Waals surface area contributed by atoms with Gasteiger partial charge < -0.3 is 4.43 Å². The van der Waals surface area contributed by atoms with Crippen molar-refractivity contribution in [1.29, 1.82) is 0 Å². The Morgan fingerprint density at radius 2 is 1.34 bits per heavy atom. The van der Waals surface area contributed by atoms with E-state index in [4.69, 9.17) is 4.43 Å². The molecule has 3 aromatic rings. The highest BCUT2D eigenvalue weighted by atomic mass is 28.2. The third-order valence-corrected chi connectivity index (χ3v) is 7.59. The SMILES string of the molecule is CC(C)([Si]OCCCCCc1ccccc1CC/C=C/C=O)C(c1ccccc1)c1ccccc1. The molecule has 0 aliphatic heterocycles. The van der Waals surface area contributed by atoms with Crippen LogP contribution in [0.2, 0.25) is 5.04 Å². The van der Waals surface area contributed by atoms with Crippen LogP contribution in [0.4, 0.5) is 0 Å². The highest BCUT2D eigenvalue weighted by molar-refractivity contribution is 6.32. The number of carbonyl (C=O) groups excluding carboxylic acids is 1. The van der Waals surface area contributed by atoms with Gasteiger partial charge in [0.25, 0.3) is 0 Å². The number of rotatable bonds is 15. The molecule has 0 saturated heterocycles. The van der Waals surface area contributed by atoms with Crippen molar-refractivity contribution in [3.05, 3.63) is 119 Å². The zero-order chi connectivity index (χ0) is 24.8. The van der Waals surface area contributed by atoms with Gasteiger partial charge in [-0.15, -0.1) is 0 Å². The summed E-state index contributed by atoms with van der Waals surface area (Å²) in [5.74, 6) is 0.307. The molecular formula is C32H38O2Si. The van der Waals surface area contributed by atoms with Crippen molar-refractivity contribution in [3.8, 4) is 0 Å². The minimum absolute atomic E-state index is 0.0138. The van der Waals surface area contributed by atoms with Crippen molar-refractivity contribution in [2.45, 2.75) is 63.3 Å². The van der Waals surface area contributed by atoms with Crippen LogP contribution >= 0.6 is 0 Å². The quantitative estimate of drug-likeness (QED) is 0.0958. The molecular weight excluding hydrogens is 444 g/mol. The van der Waals surface area contributed by atoms with E-state index in [2.05, 4.69) is 98.8 Å². The lowest BCUT2D eigenvalue weighted by Gasteiger charge is -2.34. The Balaban J connectivity index is 1.45. The summed E-state index contributed by atoms with van der Waals surface area (Å²) < 4.78 is 6.27. The Hall–Kier alpha value is -2.75. The lowest BCUT2D eigenvalue weighted by Crippen LogP contribution is -2.25. The minimum atomic E-state index is 0.0138. The first-order chi connectivity index (χ1) is 17.1. The van der Waals surface area contributed by atoms with Crippen molar-refractivity contribution in [2.75, 3.05) is 6.61 Å². The van der Waals surface area contributed by atoms with Gasteiger partial charge in [0.2, 0.25) is 9.76 Å².